The average Bonchev–Trinajstić information content (AvgIpc) is 2.89. The zero-order valence-electron chi connectivity index (χ0n) is 20.0. The fourth-order valence-electron chi connectivity index (χ4n) is 4.39. The van der Waals surface area contributed by atoms with Gasteiger partial charge in [-0.3, -0.25) is 4.98 Å². The van der Waals surface area contributed by atoms with Gasteiger partial charge in [-0.15, -0.1) is 0 Å². The molecule has 4 rings (SSSR count). The topological polar surface area (TPSA) is 80.8 Å². The van der Waals surface area contributed by atoms with E-state index in [1.54, 1.807) is 0 Å². The van der Waals surface area contributed by atoms with Crippen molar-refractivity contribution in [2.45, 2.75) is 45.0 Å². The van der Waals surface area contributed by atoms with E-state index < -0.39 is 6.29 Å². The van der Waals surface area contributed by atoms with Gasteiger partial charge in [0.1, 0.15) is 0 Å². The summed E-state index contributed by atoms with van der Waals surface area (Å²) in [6, 6.07) is 22.2. The third-order valence-corrected chi connectivity index (χ3v) is 6.58. The van der Waals surface area contributed by atoms with Gasteiger partial charge in [0.05, 0.1) is 18.8 Å². The lowest BCUT2D eigenvalue weighted by atomic mass is 9.90. The van der Waals surface area contributed by atoms with Crippen molar-refractivity contribution in [3.05, 3.63) is 101 Å². The van der Waals surface area contributed by atoms with Crippen LogP contribution in [-0.4, -0.2) is 41.2 Å². The zero-order chi connectivity index (χ0) is 23.9. The van der Waals surface area contributed by atoms with Gasteiger partial charge in [-0.25, -0.2) is 0 Å². The number of aromatic nitrogens is 1. The fraction of sp³-hybridized carbons (Fsp3) is 0.393. The molecule has 2 heterocycles. The second-order valence-corrected chi connectivity index (χ2v) is 9.10. The number of hydrogen-bond acceptors (Lipinski definition) is 6. The van der Waals surface area contributed by atoms with Crippen LogP contribution in [-0.2, 0) is 29.0 Å². The maximum atomic E-state index is 9.43. The third kappa shape index (κ3) is 6.09. The number of nitrogens with two attached hydrogens (primary N) is 1. The van der Waals surface area contributed by atoms with Crippen molar-refractivity contribution in [3.63, 3.8) is 0 Å². The van der Waals surface area contributed by atoms with Crippen LogP contribution in [0, 0.1) is 5.92 Å². The van der Waals surface area contributed by atoms with Crippen molar-refractivity contribution in [2.75, 3.05) is 20.1 Å². The highest BCUT2D eigenvalue weighted by molar-refractivity contribution is 5.27. The molecule has 6 heteroatoms. The number of nitrogens with zero attached hydrogens (tertiary/aromatic N) is 2. The van der Waals surface area contributed by atoms with Crippen LogP contribution in [0.3, 0.4) is 0 Å². The Balaban J connectivity index is 1.51. The summed E-state index contributed by atoms with van der Waals surface area (Å²) < 4.78 is 13.0. The summed E-state index contributed by atoms with van der Waals surface area (Å²) in [6.07, 6.45) is 2.15. The Morgan fingerprint density at radius 2 is 1.65 bits per heavy atom. The highest BCUT2D eigenvalue weighted by Crippen LogP contribution is 2.41. The highest BCUT2D eigenvalue weighted by Gasteiger charge is 2.38. The number of likely N-dealkylation sites (N-methyl/N-ethyl adjacent to an activating group) is 1. The number of hydrogen-bond donors (Lipinski definition) is 2. The summed E-state index contributed by atoms with van der Waals surface area (Å²) in [6.45, 7) is 4.42. The first kappa shape index (κ1) is 24.5. The van der Waals surface area contributed by atoms with Gasteiger partial charge < -0.3 is 25.2 Å². The van der Waals surface area contributed by atoms with E-state index in [1.807, 2.05) is 54.7 Å². The number of benzene rings is 2. The van der Waals surface area contributed by atoms with Crippen molar-refractivity contribution in [3.8, 4) is 0 Å². The van der Waals surface area contributed by atoms with Gasteiger partial charge in [0.15, 0.2) is 6.29 Å². The van der Waals surface area contributed by atoms with E-state index >= 15 is 0 Å². The van der Waals surface area contributed by atoms with E-state index in [1.165, 1.54) is 0 Å². The summed E-state index contributed by atoms with van der Waals surface area (Å²) >= 11 is 0. The first-order valence-corrected chi connectivity index (χ1v) is 12.0. The van der Waals surface area contributed by atoms with Crippen LogP contribution in [0.4, 0.5) is 0 Å². The van der Waals surface area contributed by atoms with Gasteiger partial charge in [-0.1, -0.05) is 61.5 Å². The standard InChI is InChI=1S/C28H35N3O3/c1-20-26(18-31(2)16-14-25-5-3-4-15-30-25)33-28(24-12-6-21(17-29)7-13-24)34-27(20)23-10-8-22(19-32)9-11-23/h3-13,15,20,26-28,32H,14,16-19,29H2,1-2H3/t20-,26+,27+,28+/m1/s1. The Hall–Kier alpha value is -2.61. The van der Waals surface area contributed by atoms with Crippen molar-refractivity contribution in [1.82, 2.24) is 9.88 Å². The average molecular weight is 462 g/mol. The van der Waals surface area contributed by atoms with Gasteiger partial charge in [0, 0.05) is 49.4 Å². The Morgan fingerprint density at radius 3 is 2.29 bits per heavy atom. The van der Waals surface area contributed by atoms with Crippen LogP contribution >= 0.6 is 0 Å². The second kappa shape index (κ2) is 11.7. The minimum Gasteiger partial charge on any atom is -0.392 e. The second-order valence-electron chi connectivity index (χ2n) is 9.10. The molecule has 4 atom stereocenters. The van der Waals surface area contributed by atoms with Crippen LogP contribution in [0.5, 0.6) is 0 Å². The number of aliphatic hydroxyl groups is 1. The molecular weight excluding hydrogens is 426 g/mol. The highest BCUT2D eigenvalue weighted by atomic mass is 16.7. The lowest BCUT2D eigenvalue weighted by Crippen LogP contribution is -2.43. The molecule has 1 aliphatic rings. The maximum absolute atomic E-state index is 9.43. The lowest BCUT2D eigenvalue weighted by Gasteiger charge is -2.42. The van der Waals surface area contributed by atoms with Crippen molar-refractivity contribution < 1.29 is 14.6 Å². The molecule has 3 N–H and O–H groups in total. The molecule has 1 saturated heterocycles. The van der Waals surface area contributed by atoms with Crippen LogP contribution in [0.2, 0.25) is 0 Å². The zero-order valence-corrected chi connectivity index (χ0v) is 20.0. The molecule has 1 fully saturated rings. The molecule has 0 saturated carbocycles. The third-order valence-electron chi connectivity index (χ3n) is 6.58. The summed E-state index contributed by atoms with van der Waals surface area (Å²) in [5, 5.41) is 9.43. The largest absolute Gasteiger partial charge is 0.392 e. The molecule has 0 aliphatic carbocycles. The molecule has 1 aromatic heterocycles. The van der Waals surface area contributed by atoms with Crippen LogP contribution < -0.4 is 5.73 Å². The predicted octanol–water partition coefficient (Wildman–Crippen LogP) is 4.00. The minimum absolute atomic E-state index is 0.0100. The summed E-state index contributed by atoms with van der Waals surface area (Å²) in [5.74, 6) is 0.150. The quantitative estimate of drug-likeness (QED) is 0.501. The van der Waals surface area contributed by atoms with E-state index in [0.29, 0.717) is 6.54 Å². The Kier molecular flexibility index (Phi) is 8.43. The molecule has 34 heavy (non-hydrogen) atoms. The minimum atomic E-state index is -0.459. The molecule has 3 aromatic rings. The number of ether oxygens (including phenoxy) is 2. The van der Waals surface area contributed by atoms with E-state index in [9.17, 15) is 5.11 Å². The summed E-state index contributed by atoms with van der Waals surface area (Å²) in [7, 11) is 2.13. The Bertz CT molecular complexity index is 1010. The van der Waals surface area contributed by atoms with Crippen molar-refractivity contribution in [1.29, 1.82) is 0 Å². The van der Waals surface area contributed by atoms with Crippen molar-refractivity contribution in [2.24, 2.45) is 11.7 Å². The Morgan fingerprint density at radius 1 is 0.941 bits per heavy atom. The van der Waals surface area contributed by atoms with Crippen LogP contribution in [0.1, 0.15) is 47.3 Å². The monoisotopic (exact) mass is 461 g/mol. The van der Waals surface area contributed by atoms with E-state index in [2.05, 4.69) is 42.1 Å². The summed E-state index contributed by atoms with van der Waals surface area (Å²) in [5.41, 5.74) is 10.9. The Labute approximate surface area is 202 Å². The molecule has 2 aromatic carbocycles. The van der Waals surface area contributed by atoms with Crippen molar-refractivity contribution >= 4 is 0 Å². The van der Waals surface area contributed by atoms with Crippen LogP contribution in [0.15, 0.2) is 72.9 Å². The maximum Gasteiger partial charge on any atom is 0.184 e. The number of rotatable bonds is 9. The van der Waals surface area contributed by atoms with E-state index in [0.717, 1.165) is 47.5 Å². The normalized spacial score (nSPS) is 22.7. The molecule has 0 amide bonds. The molecule has 0 unspecified atom stereocenters. The van der Waals surface area contributed by atoms with Gasteiger partial charge in [0.25, 0.3) is 0 Å². The molecule has 6 nitrogen and oxygen atoms in total. The number of aliphatic hydroxyl groups excluding tert-OH is 1. The first-order valence-electron chi connectivity index (χ1n) is 12.0. The van der Waals surface area contributed by atoms with E-state index in [-0.39, 0.29) is 24.7 Å². The molecule has 1 aliphatic heterocycles. The van der Waals surface area contributed by atoms with Gasteiger partial charge in [0.2, 0.25) is 0 Å². The first-order chi connectivity index (χ1) is 16.6. The summed E-state index contributed by atoms with van der Waals surface area (Å²) in [4.78, 5) is 6.75. The van der Waals surface area contributed by atoms with Gasteiger partial charge >= 0.3 is 0 Å². The molecule has 0 spiro atoms. The molecule has 0 radical (unpaired) electrons. The van der Waals surface area contributed by atoms with Gasteiger partial charge in [-0.05, 0) is 35.9 Å². The van der Waals surface area contributed by atoms with Crippen LogP contribution in [0.25, 0.3) is 0 Å². The molecule has 0 bridgehead atoms. The fourth-order valence-corrected chi connectivity index (χ4v) is 4.39. The molecule has 180 valence electrons. The molecular formula is C28H35N3O3. The lowest BCUT2D eigenvalue weighted by molar-refractivity contribution is -0.275. The van der Waals surface area contributed by atoms with Gasteiger partial charge in [-0.2, -0.15) is 0 Å². The van der Waals surface area contributed by atoms with E-state index in [4.69, 9.17) is 15.2 Å². The SMILES string of the molecule is C[C@@H]1[C@H](CN(C)CCc2ccccn2)O[C@H](c2ccc(CN)cc2)O[C@@H]1c1ccc(CO)cc1. The number of pyridine rings is 1. The predicted molar refractivity (Wildman–Crippen MR) is 133 cm³/mol. The smallest absolute Gasteiger partial charge is 0.184 e.